The summed E-state index contributed by atoms with van der Waals surface area (Å²) in [4.78, 5) is 28.2. The van der Waals surface area contributed by atoms with Crippen LogP contribution in [0.25, 0.3) is 6.08 Å². The Hall–Kier alpha value is -3.15. The molecule has 0 spiro atoms. The number of piperidine rings is 1. The molecular formula is C23H24FN3O2. The number of aryl methyl sites for hydroxylation is 1. The maximum atomic E-state index is 14.6. The molecule has 6 heteroatoms. The molecule has 2 saturated heterocycles. The fraction of sp³-hybridized carbons (Fsp3) is 0.304. The molecule has 0 saturated carbocycles. The molecule has 5 nitrogen and oxygen atoms in total. The van der Waals surface area contributed by atoms with Crippen molar-refractivity contribution in [2.45, 2.75) is 32.7 Å². The zero-order valence-electron chi connectivity index (χ0n) is 16.5. The van der Waals surface area contributed by atoms with Crippen molar-refractivity contribution in [2.75, 3.05) is 18.0 Å². The predicted octanol–water partition coefficient (Wildman–Crippen LogP) is 4.22. The topological polar surface area (TPSA) is 52.7 Å². The molecule has 0 radical (unpaired) electrons. The molecular weight excluding hydrogens is 369 g/mol. The number of halogens is 1. The van der Waals surface area contributed by atoms with Crippen molar-refractivity contribution < 1.29 is 14.0 Å². The van der Waals surface area contributed by atoms with Crippen LogP contribution in [-0.4, -0.2) is 29.9 Å². The van der Waals surface area contributed by atoms with Gasteiger partial charge in [-0.3, -0.25) is 9.69 Å². The van der Waals surface area contributed by atoms with Gasteiger partial charge in [-0.1, -0.05) is 35.9 Å². The molecule has 0 aromatic heterocycles. The highest BCUT2D eigenvalue weighted by molar-refractivity contribution is 6.13. The van der Waals surface area contributed by atoms with Gasteiger partial charge in [-0.05, 0) is 55.5 Å². The molecule has 0 bridgehead atoms. The van der Waals surface area contributed by atoms with E-state index in [1.807, 2.05) is 31.2 Å². The lowest BCUT2D eigenvalue weighted by atomic mass is 10.1. The first-order valence-electron chi connectivity index (χ1n) is 9.96. The Balaban J connectivity index is 1.51. The van der Waals surface area contributed by atoms with Gasteiger partial charge in [0.15, 0.2) is 0 Å². The van der Waals surface area contributed by atoms with Gasteiger partial charge in [-0.25, -0.2) is 9.18 Å². The molecule has 29 heavy (non-hydrogen) atoms. The lowest BCUT2D eigenvalue weighted by molar-refractivity contribution is -0.123. The highest BCUT2D eigenvalue weighted by Gasteiger charge is 2.33. The Labute approximate surface area is 169 Å². The second-order valence-electron chi connectivity index (χ2n) is 7.63. The van der Waals surface area contributed by atoms with E-state index in [1.54, 1.807) is 12.1 Å². The number of carbonyl (C=O) groups excluding carboxylic acids is 2. The average Bonchev–Trinajstić information content (AvgIpc) is 2.96. The number of nitrogens with zero attached hydrogens (tertiary/aromatic N) is 2. The van der Waals surface area contributed by atoms with Crippen molar-refractivity contribution in [1.82, 2.24) is 10.2 Å². The van der Waals surface area contributed by atoms with Crippen LogP contribution in [0.2, 0.25) is 0 Å². The summed E-state index contributed by atoms with van der Waals surface area (Å²) in [5.41, 5.74) is 3.24. The lowest BCUT2D eigenvalue weighted by Gasteiger charge is -2.29. The molecule has 2 aliphatic heterocycles. The molecule has 0 unspecified atom stereocenters. The van der Waals surface area contributed by atoms with Gasteiger partial charge in [0, 0.05) is 13.1 Å². The van der Waals surface area contributed by atoms with E-state index in [2.05, 4.69) is 10.2 Å². The van der Waals surface area contributed by atoms with Crippen LogP contribution >= 0.6 is 0 Å². The van der Waals surface area contributed by atoms with Crippen molar-refractivity contribution in [3.05, 3.63) is 70.7 Å². The molecule has 1 N–H and O–H groups in total. The zero-order valence-corrected chi connectivity index (χ0v) is 16.5. The fourth-order valence-corrected chi connectivity index (χ4v) is 3.88. The van der Waals surface area contributed by atoms with Crippen LogP contribution in [0.15, 0.2) is 48.2 Å². The van der Waals surface area contributed by atoms with E-state index >= 15 is 0 Å². The number of imide groups is 1. The Bertz CT molecular complexity index is 980. The second kappa shape index (κ2) is 8.07. The average molecular weight is 393 g/mol. The third-order valence-corrected chi connectivity index (χ3v) is 5.36. The third kappa shape index (κ3) is 4.16. The smallest absolute Gasteiger partial charge is 0.329 e. The van der Waals surface area contributed by atoms with Crippen LogP contribution in [0.4, 0.5) is 14.9 Å². The summed E-state index contributed by atoms with van der Waals surface area (Å²) in [6.45, 7) is 3.88. The number of benzene rings is 2. The minimum atomic E-state index is -0.465. The number of carbonyl (C=O) groups is 2. The number of hydrogen-bond donors (Lipinski definition) is 1. The van der Waals surface area contributed by atoms with Crippen LogP contribution in [0.5, 0.6) is 0 Å². The van der Waals surface area contributed by atoms with E-state index in [0.717, 1.165) is 37.1 Å². The van der Waals surface area contributed by atoms with Gasteiger partial charge in [0.05, 0.1) is 12.2 Å². The summed E-state index contributed by atoms with van der Waals surface area (Å²) < 4.78 is 14.6. The Kier molecular flexibility index (Phi) is 5.34. The molecule has 2 aliphatic rings. The summed E-state index contributed by atoms with van der Waals surface area (Å²) in [7, 11) is 0. The Morgan fingerprint density at radius 1 is 1.07 bits per heavy atom. The van der Waals surface area contributed by atoms with Crippen molar-refractivity contribution in [2.24, 2.45) is 0 Å². The van der Waals surface area contributed by atoms with Crippen LogP contribution in [0.3, 0.4) is 0 Å². The molecule has 3 amide bonds. The van der Waals surface area contributed by atoms with E-state index in [9.17, 15) is 14.0 Å². The maximum Gasteiger partial charge on any atom is 0.329 e. The highest BCUT2D eigenvalue weighted by atomic mass is 19.1. The monoisotopic (exact) mass is 393 g/mol. The minimum Gasteiger partial charge on any atom is -0.369 e. The van der Waals surface area contributed by atoms with Crippen molar-refractivity contribution >= 4 is 23.7 Å². The fourth-order valence-electron chi connectivity index (χ4n) is 3.88. The van der Waals surface area contributed by atoms with Crippen molar-refractivity contribution in [3.63, 3.8) is 0 Å². The molecule has 2 aromatic carbocycles. The molecule has 150 valence electrons. The first-order valence-corrected chi connectivity index (χ1v) is 9.96. The summed E-state index contributed by atoms with van der Waals surface area (Å²) in [5.74, 6) is -0.716. The van der Waals surface area contributed by atoms with E-state index < -0.39 is 11.9 Å². The van der Waals surface area contributed by atoms with Crippen molar-refractivity contribution in [1.29, 1.82) is 0 Å². The van der Waals surface area contributed by atoms with Crippen LogP contribution < -0.4 is 10.2 Å². The normalized spacial score (nSPS) is 18.5. The number of rotatable bonds is 4. The summed E-state index contributed by atoms with van der Waals surface area (Å²) in [6.07, 6.45) is 4.85. The van der Waals surface area contributed by atoms with Gasteiger partial charge in [-0.15, -0.1) is 0 Å². The quantitative estimate of drug-likeness (QED) is 0.625. The maximum absolute atomic E-state index is 14.6. The molecule has 0 atom stereocenters. The molecule has 0 aliphatic carbocycles. The number of urea groups is 1. The van der Waals surface area contributed by atoms with Crippen LogP contribution in [-0.2, 0) is 11.3 Å². The van der Waals surface area contributed by atoms with E-state index in [0.29, 0.717) is 11.3 Å². The summed E-state index contributed by atoms with van der Waals surface area (Å²) >= 11 is 0. The number of amides is 3. The molecule has 2 fully saturated rings. The Morgan fingerprint density at radius 3 is 2.59 bits per heavy atom. The molecule has 2 heterocycles. The number of anilines is 1. The summed E-state index contributed by atoms with van der Waals surface area (Å²) in [6, 6.07) is 12.2. The third-order valence-electron chi connectivity index (χ3n) is 5.36. The van der Waals surface area contributed by atoms with E-state index in [1.165, 1.54) is 23.5 Å². The van der Waals surface area contributed by atoms with Gasteiger partial charge in [-0.2, -0.15) is 0 Å². The first kappa shape index (κ1) is 19.2. The second-order valence-corrected chi connectivity index (χ2v) is 7.63. The summed E-state index contributed by atoms with van der Waals surface area (Å²) in [5, 5.41) is 2.60. The standard InChI is InChI=1S/C23H24FN3O2/c1-16-6-5-7-18(12-16)15-27-22(28)20(25-23(27)29)14-17-8-9-21(19(24)13-17)26-10-3-2-4-11-26/h5-9,12-14H,2-4,10-11,15H2,1H3,(H,25,29)/b20-14+. The molecule has 2 aromatic rings. The predicted molar refractivity (Wildman–Crippen MR) is 111 cm³/mol. The lowest BCUT2D eigenvalue weighted by Crippen LogP contribution is -2.30. The van der Waals surface area contributed by atoms with Crippen LogP contribution in [0.1, 0.15) is 36.0 Å². The highest BCUT2D eigenvalue weighted by Crippen LogP contribution is 2.25. The zero-order chi connectivity index (χ0) is 20.4. The number of hydrogen-bond acceptors (Lipinski definition) is 3. The number of nitrogens with one attached hydrogen (secondary N) is 1. The van der Waals surface area contributed by atoms with Gasteiger partial charge < -0.3 is 10.2 Å². The van der Waals surface area contributed by atoms with Gasteiger partial charge in [0.25, 0.3) is 5.91 Å². The first-order chi connectivity index (χ1) is 14.0. The largest absolute Gasteiger partial charge is 0.369 e. The van der Waals surface area contributed by atoms with E-state index in [4.69, 9.17) is 0 Å². The SMILES string of the molecule is Cc1cccc(CN2C(=O)N/C(=C/c3ccc(N4CCCCC4)c(F)c3)C2=O)c1. The van der Waals surface area contributed by atoms with E-state index in [-0.39, 0.29) is 18.1 Å². The minimum absolute atomic E-state index is 0.160. The molecule has 4 rings (SSSR count). The van der Waals surface area contributed by atoms with Gasteiger partial charge in [0.1, 0.15) is 11.5 Å². The van der Waals surface area contributed by atoms with Crippen LogP contribution in [0, 0.1) is 12.7 Å². The van der Waals surface area contributed by atoms with Gasteiger partial charge >= 0.3 is 6.03 Å². The Morgan fingerprint density at radius 2 is 1.86 bits per heavy atom. The van der Waals surface area contributed by atoms with Crippen molar-refractivity contribution in [3.8, 4) is 0 Å². The van der Waals surface area contributed by atoms with Gasteiger partial charge in [0.2, 0.25) is 0 Å².